The van der Waals surface area contributed by atoms with Crippen LogP contribution in [0.15, 0.2) is 34.2 Å². The van der Waals surface area contributed by atoms with Crippen LogP contribution in [0.5, 0.6) is 0 Å². The Morgan fingerprint density at radius 3 is 2.90 bits per heavy atom. The summed E-state index contributed by atoms with van der Waals surface area (Å²) in [6, 6.07) is 7.67. The molecule has 0 saturated carbocycles. The highest BCUT2D eigenvalue weighted by atomic mass is 32.1. The first-order valence-corrected chi connectivity index (χ1v) is 7.14. The van der Waals surface area contributed by atoms with E-state index in [1.807, 2.05) is 36.6 Å². The van der Waals surface area contributed by atoms with Crippen molar-refractivity contribution in [3.05, 3.63) is 57.6 Å². The van der Waals surface area contributed by atoms with Crippen molar-refractivity contribution >= 4 is 17.0 Å². The lowest BCUT2D eigenvalue weighted by Crippen LogP contribution is -1.93. The summed E-state index contributed by atoms with van der Waals surface area (Å²) >= 11 is 1.61. The van der Waals surface area contributed by atoms with E-state index in [-0.39, 0.29) is 0 Å². The molecule has 0 aliphatic heterocycles. The lowest BCUT2D eigenvalue weighted by Gasteiger charge is -1.97. The average Bonchev–Trinajstić information content (AvgIpc) is 3.00. The molecule has 2 aromatic heterocycles. The van der Waals surface area contributed by atoms with Crippen LogP contribution in [0.2, 0.25) is 0 Å². The van der Waals surface area contributed by atoms with E-state index in [9.17, 15) is 0 Å². The maximum absolute atomic E-state index is 5.75. The van der Waals surface area contributed by atoms with Crippen LogP contribution < -0.4 is 5.73 Å². The fourth-order valence-electron chi connectivity index (χ4n) is 1.93. The van der Waals surface area contributed by atoms with Gasteiger partial charge in [0.1, 0.15) is 5.01 Å². The molecule has 0 amide bonds. The van der Waals surface area contributed by atoms with Crippen molar-refractivity contribution in [1.29, 1.82) is 0 Å². The van der Waals surface area contributed by atoms with Gasteiger partial charge >= 0.3 is 0 Å². The number of nitrogens with two attached hydrogens (primary N) is 1. The molecule has 0 spiro atoms. The Morgan fingerprint density at radius 1 is 1.25 bits per heavy atom. The number of nitrogen functional groups attached to an aromatic ring is 1. The molecule has 0 fully saturated rings. The molecule has 102 valence electrons. The van der Waals surface area contributed by atoms with Crippen LogP contribution in [0.4, 0.5) is 5.69 Å². The monoisotopic (exact) mass is 286 g/mol. The standard InChI is InChI=1S/C14H14N4OS/c1-9-8-20-14(16-9)7-12-17-13(19-18-12)6-10-3-2-4-11(15)5-10/h2-5,8H,6-7,15H2,1H3. The minimum Gasteiger partial charge on any atom is -0.399 e. The minimum atomic E-state index is 0.592. The van der Waals surface area contributed by atoms with Crippen LogP contribution in [0.1, 0.15) is 28.0 Å². The molecule has 20 heavy (non-hydrogen) atoms. The van der Waals surface area contributed by atoms with Crippen molar-refractivity contribution in [3.63, 3.8) is 0 Å². The first-order valence-electron chi connectivity index (χ1n) is 6.26. The number of rotatable bonds is 4. The fourth-order valence-corrected chi connectivity index (χ4v) is 2.70. The molecule has 1 aromatic carbocycles. The maximum atomic E-state index is 5.75. The van der Waals surface area contributed by atoms with Gasteiger partial charge in [0.2, 0.25) is 5.89 Å². The summed E-state index contributed by atoms with van der Waals surface area (Å²) in [5.41, 5.74) is 8.57. The number of hydrogen-bond acceptors (Lipinski definition) is 6. The Hall–Kier alpha value is -2.21. The van der Waals surface area contributed by atoms with E-state index in [1.165, 1.54) is 0 Å². The summed E-state index contributed by atoms with van der Waals surface area (Å²) in [6.45, 7) is 1.97. The lowest BCUT2D eigenvalue weighted by molar-refractivity contribution is 0.380. The first-order chi connectivity index (χ1) is 9.69. The molecule has 0 atom stereocenters. The Bertz CT molecular complexity index is 719. The predicted molar refractivity (Wildman–Crippen MR) is 77.6 cm³/mol. The van der Waals surface area contributed by atoms with Crippen LogP contribution in [-0.2, 0) is 12.8 Å². The van der Waals surface area contributed by atoms with E-state index in [4.69, 9.17) is 10.3 Å². The molecule has 3 aromatic rings. The van der Waals surface area contributed by atoms with Crippen molar-refractivity contribution < 1.29 is 4.52 Å². The van der Waals surface area contributed by atoms with Gasteiger partial charge in [0.15, 0.2) is 5.82 Å². The fraction of sp³-hybridized carbons (Fsp3) is 0.214. The Balaban J connectivity index is 1.70. The van der Waals surface area contributed by atoms with Gasteiger partial charge in [-0.15, -0.1) is 11.3 Å². The molecule has 0 aliphatic carbocycles. The third-order valence-electron chi connectivity index (χ3n) is 2.79. The first kappa shape index (κ1) is 12.8. The number of benzene rings is 1. The van der Waals surface area contributed by atoms with Crippen LogP contribution in [0.3, 0.4) is 0 Å². The summed E-state index contributed by atoms with van der Waals surface area (Å²) in [5, 5.41) is 7.00. The summed E-state index contributed by atoms with van der Waals surface area (Å²) < 4.78 is 5.26. The number of hydrogen-bond donors (Lipinski definition) is 1. The van der Waals surface area contributed by atoms with Gasteiger partial charge in [-0.2, -0.15) is 4.98 Å². The maximum Gasteiger partial charge on any atom is 0.231 e. The van der Waals surface area contributed by atoms with Gasteiger partial charge in [-0.1, -0.05) is 17.3 Å². The number of aromatic nitrogens is 3. The van der Waals surface area contributed by atoms with Crippen LogP contribution in [0.25, 0.3) is 0 Å². The molecule has 5 nitrogen and oxygen atoms in total. The second-order valence-corrected chi connectivity index (χ2v) is 5.53. The number of nitrogens with zero attached hydrogens (tertiary/aromatic N) is 3. The van der Waals surface area contributed by atoms with Gasteiger partial charge < -0.3 is 10.3 Å². The third-order valence-corrected chi connectivity index (χ3v) is 3.76. The van der Waals surface area contributed by atoms with Crippen LogP contribution in [0, 0.1) is 6.92 Å². The van der Waals surface area contributed by atoms with E-state index >= 15 is 0 Å². The summed E-state index contributed by atoms with van der Waals surface area (Å²) in [4.78, 5) is 8.78. The molecular weight excluding hydrogens is 272 g/mol. The Labute approximate surface area is 120 Å². The number of anilines is 1. The van der Waals surface area contributed by atoms with E-state index < -0.39 is 0 Å². The zero-order valence-electron chi connectivity index (χ0n) is 11.0. The van der Waals surface area contributed by atoms with Gasteiger partial charge in [-0.25, -0.2) is 4.98 Å². The highest BCUT2D eigenvalue weighted by molar-refractivity contribution is 7.09. The van der Waals surface area contributed by atoms with Crippen molar-refractivity contribution in [2.24, 2.45) is 0 Å². The van der Waals surface area contributed by atoms with Crippen LogP contribution in [-0.4, -0.2) is 15.1 Å². The predicted octanol–water partition coefficient (Wildman–Crippen LogP) is 2.60. The quantitative estimate of drug-likeness (QED) is 0.746. The number of aryl methyl sites for hydroxylation is 1. The second kappa shape index (κ2) is 5.42. The van der Waals surface area contributed by atoms with E-state index in [2.05, 4.69) is 15.1 Å². The Morgan fingerprint density at radius 2 is 2.15 bits per heavy atom. The third kappa shape index (κ3) is 3.03. The molecular formula is C14H14N4OS. The summed E-state index contributed by atoms with van der Waals surface area (Å²) in [7, 11) is 0. The largest absolute Gasteiger partial charge is 0.399 e. The number of thiazole rings is 1. The van der Waals surface area contributed by atoms with E-state index in [1.54, 1.807) is 11.3 Å². The molecule has 3 rings (SSSR count). The van der Waals surface area contributed by atoms with Gasteiger partial charge in [0.25, 0.3) is 0 Å². The topological polar surface area (TPSA) is 77.8 Å². The normalized spacial score (nSPS) is 10.8. The van der Waals surface area contributed by atoms with Crippen molar-refractivity contribution in [2.45, 2.75) is 19.8 Å². The van der Waals surface area contributed by atoms with Gasteiger partial charge in [-0.3, -0.25) is 0 Å². The van der Waals surface area contributed by atoms with Gasteiger partial charge in [0, 0.05) is 16.8 Å². The van der Waals surface area contributed by atoms with Gasteiger partial charge in [0.05, 0.1) is 12.8 Å². The van der Waals surface area contributed by atoms with Crippen LogP contribution >= 0.6 is 11.3 Å². The molecule has 0 saturated heterocycles. The molecule has 0 aliphatic rings. The molecule has 0 unspecified atom stereocenters. The van der Waals surface area contributed by atoms with Crippen molar-refractivity contribution in [3.8, 4) is 0 Å². The molecule has 2 heterocycles. The average molecular weight is 286 g/mol. The minimum absolute atomic E-state index is 0.592. The molecule has 2 N–H and O–H groups in total. The van der Waals surface area contributed by atoms with Crippen molar-refractivity contribution in [2.75, 3.05) is 5.73 Å². The second-order valence-electron chi connectivity index (χ2n) is 4.59. The smallest absolute Gasteiger partial charge is 0.231 e. The highest BCUT2D eigenvalue weighted by Crippen LogP contribution is 2.15. The highest BCUT2D eigenvalue weighted by Gasteiger charge is 2.10. The molecule has 0 radical (unpaired) electrons. The molecule has 6 heteroatoms. The van der Waals surface area contributed by atoms with Gasteiger partial charge in [-0.05, 0) is 24.6 Å². The van der Waals surface area contributed by atoms with E-state index in [0.29, 0.717) is 24.6 Å². The summed E-state index contributed by atoms with van der Waals surface area (Å²) in [6.07, 6.45) is 1.20. The Kier molecular flexibility index (Phi) is 3.47. The molecule has 0 bridgehead atoms. The van der Waals surface area contributed by atoms with Crippen molar-refractivity contribution in [1.82, 2.24) is 15.1 Å². The van der Waals surface area contributed by atoms with E-state index in [0.717, 1.165) is 22.0 Å². The zero-order valence-corrected chi connectivity index (χ0v) is 11.9. The summed E-state index contributed by atoms with van der Waals surface area (Å²) in [5.74, 6) is 1.26. The zero-order chi connectivity index (χ0) is 13.9. The lowest BCUT2D eigenvalue weighted by atomic mass is 10.1. The SMILES string of the molecule is Cc1csc(Cc2noc(Cc3cccc(N)c3)n2)n1.